The van der Waals surface area contributed by atoms with Crippen LogP contribution in [0.1, 0.15) is 90.4 Å². The molecule has 4 amide bonds. The van der Waals surface area contributed by atoms with Gasteiger partial charge in [-0.3, -0.25) is 24.2 Å². The van der Waals surface area contributed by atoms with Crippen LogP contribution in [0.5, 0.6) is 0 Å². The topological polar surface area (TPSA) is 86.8 Å². The van der Waals surface area contributed by atoms with Crippen molar-refractivity contribution in [2.24, 2.45) is 16.7 Å². The molecule has 3 fully saturated rings. The second kappa shape index (κ2) is 10.3. The van der Waals surface area contributed by atoms with Gasteiger partial charge in [-0.1, -0.05) is 44.6 Å². The number of urea groups is 1. The van der Waals surface area contributed by atoms with Crippen molar-refractivity contribution in [2.45, 2.75) is 90.4 Å². The molecule has 2 aliphatic carbocycles. The van der Waals surface area contributed by atoms with E-state index in [4.69, 9.17) is 0 Å². The zero-order valence-electron chi connectivity index (χ0n) is 21.0. The Kier molecular flexibility index (Phi) is 7.60. The first-order valence-corrected chi connectivity index (χ1v) is 13.4. The van der Waals surface area contributed by atoms with E-state index < -0.39 is 23.3 Å². The fourth-order valence-electron chi connectivity index (χ4n) is 6.85. The van der Waals surface area contributed by atoms with Gasteiger partial charge in [0, 0.05) is 19.5 Å². The van der Waals surface area contributed by atoms with Gasteiger partial charge in [0.15, 0.2) is 5.78 Å². The Morgan fingerprint density at radius 3 is 2.32 bits per heavy atom. The van der Waals surface area contributed by atoms with Crippen LogP contribution in [-0.4, -0.2) is 60.1 Å². The highest BCUT2D eigenvalue weighted by Gasteiger charge is 2.56. The monoisotopic (exact) mass is 471 g/mol. The van der Waals surface area contributed by atoms with Gasteiger partial charge in [-0.05, 0) is 69.4 Å². The number of hydrogen-bond donors (Lipinski definition) is 1. The summed E-state index contributed by atoms with van der Waals surface area (Å²) in [4.78, 5) is 55.9. The lowest BCUT2D eigenvalue weighted by Crippen LogP contribution is -2.65. The maximum absolute atomic E-state index is 13.8. The minimum absolute atomic E-state index is 0.0230. The van der Waals surface area contributed by atoms with Gasteiger partial charge in [0.2, 0.25) is 5.91 Å². The second-order valence-corrected chi connectivity index (χ2v) is 11.1. The van der Waals surface area contributed by atoms with E-state index in [0.717, 1.165) is 79.8 Å². The van der Waals surface area contributed by atoms with Gasteiger partial charge in [0.1, 0.15) is 5.41 Å². The number of imide groups is 2. The average Bonchev–Trinajstić information content (AvgIpc) is 2.97. The van der Waals surface area contributed by atoms with Crippen molar-refractivity contribution in [1.82, 2.24) is 15.1 Å². The number of nitrogens with one attached hydrogen (secondary N) is 1. The third-order valence-electron chi connectivity index (χ3n) is 8.98. The lowest BCUT2D eigenvalue weighted by atomic mass is 9.64. The summed E-state index contributed by atoms with van der Waals surface area (Å²) in [6, 6.07) is -0.672. The molecule has 4 aliphatic rings. The Balaban J connectivity index is 1.58. The summed E-state index contributed by atoms with van der Waals surface area (Å²) in [6.07, 6.45) is 15.4. The minimum atomic E-state index is -1.40. The summed E-state index contributed by atoms with van der Waals surface area (Å²) < 4.78 is 0. The van der Waals surface area contributed by atoms with E-state index in [9.17, 15) is 19.2 Å². The van der Waals surface area contributed by atoms with Crippen molar-refractivity contribution in [3.05, 3.63) is 11.6 Å². The quantitative estimate of drug-likeness (QED) is 0.490. The number of allylic oxidation sites excluding steroid dienone is 1. The summed E-state index contributed by atoms with van der Waals surface area (Å²) in [5.74, 6) is -1.19. The third-order valence-corrected chi connectivity index (χ3v) is 8.98. The highest BCUT2D eigenvalue weighted by atomic mass is 16.2. The highest BCUT2D eigenvalue weighted by Crippen LogP contribution is 2.45. The van der Waals surface area contributed by atoms with Crippen molar-refractivity contribution in [2.75, 3.05) is 26.7 Å². The SMILES string of the molecule is CN1C(=O)N(CC(=O)C2CCNCC23CCCCCCCC3)C(=O)C(C)(C2=CCCCC2)C1=O. The molecule has 2 unspecified atom stereocenters. The molecule has 7 heteroatoms. The summed E-state index contributed by atoms with van der Waals surface area (Å²) in [5, 5.41) is 3.53. The van der Waals surface area contributed by atoms with Crippen LogP contribution in [0.15, 0.2) is 11.6 Å². The van der Waals surface area contributed by atoms with Crippen molar-refractivity contribution in [1.29, 1.82) is 0 Å². The number of piperidine rings is 1. The maximum Gasteiger partial charge on any atom is 0.333 e. The van der Waals surface area contributed by atoms with Gasteiger partial charge in [-0.25, -0.2) is 4.79 Å². The largest absolute Gasteiger partial charge is 0.333 e. The van der Waals surface area contributed by atoms with Crippen LogP contribution in [0.4, 0.5) is 4.79 Å². The first-order valence-electron chi connectivity index (χ1n) is 13.4. The van der Waals surface area contributed by atoms with E-state index in [1.54, 1.807) is 6.92 Å². The van der Waals surface area contributed by atoms with E-state index in [0.29, 0.717) is 6.42 Å². The number of carbonyl (C=O) groups excluding carboxylic acids is 4. The lowest BCUT2D eigenvalue weighted by molar-refractivity contribution is -0.156. The summed E-state index contributed by atoms with van der Waals surface area (Å²) in [7, 11) is 1.43. The molecule has 0 bridgehead atoms. The number of Topliss-reactive ketones (excluding diaryl/α,β-unsaturated/α-hetero) is 1. The molecule has 2 heterocycles. The Morgan fingerprint density at radius 2 is 1.68 bits per heavy atom. The van der Waals surface area contributed by atoms with Gasteiger partial charge in [0.25, 0.3) is 5.91 Å². The molecule has 2 saturated heterocycles. The van der Waals surface area contributed by atoms with Crippen molar-refractivity contribution in [3.8, 4) is 0 Å². The molecule has 188 valence electrons. The molecule has 1 saturated carbocycles. The fourth-order valence-corrected chi connectivity index (χ4v) is 6.85. The molecule has 4 rings (SSSR count). The van der Waals surface area contributed by atoms with Crippen LogP contribution in [0.2, 0.25) is 0 Å². The molecule has 0 aromatic rings. The predicted molar refractivity (Wildman–Crippen MR) is 130 cm³/mol. The fraction of sp³-hybridized carbons (Fsp3) is 0.778. The number of amides is 4. The zero-order chi connectivity index (χ0) is 24.3. The van der Waals surface area contributed by atoms with Gasteiger partial charge < -0.3 is 5.32 Å². The second-order valence-electron chi connectivity index (χ2n) is 11.1. The summed E-state index contributed by atoms with van der Waals surface area (Å²) in [5.41, 5.74) is -0.702. The molecule has 7 nitrogen and oxygen atoms in total. The Hall–Kier alpha value is -2.02. The number of rotatable bonds is 4. The van der Waals surface area contributed by atoms with Gasteiger partial charge in [-0.15, -0.1) is 0 Å². The number of nitrogens with zero attached hydrogens (tertiary/aromatic N) is 2. The van der Waals surface area contributed by atoms with E-state index in [-0.39, 0.29) is 23.7 Å². The molecule has 0 radical (unpaired) electrons. The standard InChI is InChI=1S/C27H41N3O4/c1-26(20-12-8-7-9-13-20)23(32)29(2)25(34)30(24(26)33)18-22(31)21-14-17-28-19-27(21)15-10-5-3-4-6-11-16-27/h12,21,28H,3-11,13-19H2,1-2H3. The van der Waals surface area contributed by atoms with Crippen molar-refractivity contribution < 1.29 is 19.2 Å². The van der Waals surface area contributed by atoms with E-state index >= 15 is 0 Å². The average molecular weight is 472 g/mol. The normalized spacial score (nSPS) is 31.1. The molecular formula is C27H41N3O4. The molecule has 2 atom stereocenters. The number of hydrogen-bond acceptors (Lipinski definition) is 5. The predicted octanol–water partition coefficient (Wildman–Crippen LogP) is 4.21. The Bertz CT molecular complexity index is 856. The molecule has 1 N–H and O–H groups in total. The smallest absolute Gasteiger partial charge is 0.316 e. The first kappa shape index (κ1) is 25.1. The molecule has 0 aromatic heterocycles. The molecule has 1 spiro atoms. The zero-order valence-corrected chi connectivity index (χ0v) is 21.0. The molecular weight excluding hydrogens is 430 g/mol. The van der Waals surface area contributed by atoms with E-state index in [2.05, 4.69) is 5.32 Å². The van der Waals surface area contributed by atoms with Crippen LogP contribution in [-0.2, 0) is 14.4 Å². The maximum atomic E-state index is 13.8. The summed E-state index contributed by atoms with van der Waals surface area (Å²) in [6.45, 7) is 3.02. The van der Waals surface area contributed by atoms with Gasteiger partial charge in [0.05, 0.1) is 6.54 Å². The third kappa shape index (κ3) is 4.48. The van der Waals surface area contributed by atoms with E-state index in [1.165, 1.54) is 32.7 Å². The molecule has 34 heavy (non-hydrogen) atoms. The van der Waals surface area contributed by atoms with Gasteiger partial charge >= 0.3 is 6.03 Å². The first-order chi connectivity index (χ1) is 16.3. The van der Waals surface area contributed by atoms with Crippen LogP contribution < -0.4 is 5.32 Å². The van der Waals surface area contributed by atoms with Crippen molar-refractivity contribution >= 4 is 23.6 Å². The van der Waals surface area contributed by atoms with Crippen LogP contribution >= 0.6 is 0 Å². The Labute approximate surface area is 203 Å². The number of barbiturate groups is 1. The molecule has 2 aliphatic heterocycles. The summed E-state index contributed by atoms with van der Waals surface area (Å²) >= 11 is 0. The van der Waals surface area contributed by atoms with Crippen molar-refractivity contribution in [3.63, 3.8) is 0 Å². The number of carbonyl (C=O) groups is 4. The van der Waals surface area contributed by atoms with E-state index in [1.807, 2.05) is 6.08 Å². The lowest BCUT2D eigenvalue weighted by Gasteiger charge is -2.46. The van der Waals surface area contributed by atoms with Crippen LogP contribution in [0, 0.1) is 16.7 Å². The molecule has 0 aromatic carbocycles. The van der Waals surface area contributed by atoms with Gasteiger partial charge in [-0.2, -0.15) is 0 Å². The number of ketones is 1. The Morgan fingerprint density at radius 1 is 1.00 bits per heavy atom. The van der Waals surface area contributed by atoms with Crippen LogP contribution in [0.25, 0.3) is 0 Å². The van der Waals surface area contributed by atoms with Crippen LogP contribution in [0.3, 0.4) is 0 Å². The minimum Gasteiger partial charge on any atom is -0.316 e. The highest BCUT2D eigenvalue weighted by molar-refractivity contribution is 6.21.